The van der Waals surface area contributed by atoms with Gasteiger partial charge < -0.3 is 5.73 Å². The molecule has 0 bridgehead atoms. The van der Waals surface area contributed by atoms with Crippen LogP contribution in [-0.4, -0.2) is 9.55 Å². The molecule has 102 valence electrons. The molecule has 3 aromatic rings. The highest BCUT2D eigenvalue weighted by atomic mass is 35.5. The molecule has 0 spiro atoms. The number of imidazole rings is 1. The summed E-state index contributed by atoms with van der Waals surface area (Å²) in [4.78, 5) is 4.27. The molecule has 3 nitrogen and oxygen atoms in total. The average Bonchev–Trinajstić information content (AvgIpc) is 2.69. The van der Waals surface area contributed by atoms with E-state index in [1.54, 1.807) is 34.9 Å². The Balaban J connectivity index is 2.37. The minimum Gasteiger partial charge on any atom is -0.369 e. The van der Waals surface area contributed by atoms with E-state index >= 15 is 0 Å². The summed E-state index contributed by atoms with van der Waals surface area (Å²) in [7, 11) is 0. The third-order valence-electron chi connectivity index (χ3n) is 2.87. The second-order valence-corrected chi connectivity index (χ2v) is 5.81. The highest BCUT2D eigenvalue weighted by Crippen LogP contribution is 2.34. The summed E-state index contributed by atoms with van der Waals surface area (Å²) >= 11 is 24.2. The summed E-state index contributed by atoms with van der Waals surface area (Å²) in [6.07, 6.45) is 0. The first kappa shape index (κ1) is 13.8. The van der Waals surface area contributed by atoms with Gasteiger partial charge in [-0.1, -0.05) is 46.4 Å². The Morgan fingerprint density at radius 3 is 2.35 bits per heavy atom. The first-order chi connectivity index (χ1) is 9.47. The Morgan fingerprint density at radius 1 is 0.900 bits per heavy atom. The van der Waals surface area contributed by atoms with Crippen molar-refractivity contribution in [1.82, 2.24) is 9.55 Å². The Bertz CT molecular complexity index is 826. The van der Waals surface area contributed by atoms with Crippen molar-refractivity contribution < 1.29 is 0 Å². The van der Waals surface area contributed by atoms with Crippen LogP contribution in [0.5, 0.6) is 0 Å². The third-order valence-corrected chi connectivity index (χ3v) is 4.13. The summed E-state index contributed by atoms with van der Waals surface area (Å²) in [6.45, 7) is 0. The second-order valence-electron chi connectivity index (χ2n) is 4.16. The number of hydrogen-bond donors (Lipinski definition) is 1. The zero-order valence-electron chi connectivity index (χ0n) is 9.87. The van der Waals surface area contributed by atoms with Crippen molar-refractivity contribution >= 4 is 63.4 Å². The van der Waals surface area contributed by atoms with E-state index in [1.807, 2.05) is 0 Å². The molecular formula is C13H7Cl4N3. The Morgan fingerprint density at radius 2 is 1.60 bits per heavy atom. The zero-order valence-corrected chi connectivity index (χ0v) is 12.9. The summed E-state index contributed by atoms with van der Waals surface area (Å²) in [5.74, 6) is 0.294. The average molecular weight is 347 g/mol. The van der Waals surface area contributed by atoms with Crippen molar-refractivity contribution in [2.24, 2.45) is 0 Å². The lowest BCUT2D eigenvalue weighted by Crippen LogP contribution is -2.01. The van der Waals surface area contributed by atoms with Gasteiger partial charge in [0.25, 0.3) is 0 Å². The minimum absolute atomic E-state index is 0.294. The van der Waals surface area contributed by atoms with Gasteiger partial charge in [-0.25, -0.2) is 4.98 Å². The standard InChI is InChI=1S/C13H7Cl4N3/c14-6-1-2-10-12(3-6)20(13(18)19-10)11-5-8(16)7(15)4-9(11)17/h1-5H,(H2,18,19). The van der Waals surface area contributed by atoms with Crippen LogP contribution in [0, 0.1) is 0 Å². The maximum absolute atomic E-state index is 6.22. The predicted octanol–water partition coefficient (Wildman–Crippen LogP) is 5.22. The predicted molar refractivity (Wildman–Crippen MR) is 85.5 cm³/mol. The van der Waals surface area contributed by atoms with Gasteiger partial charge in [0.05, 0.1) is 31.8 Å². The van der Waals surface area contributed by atoms with E-state index in [0.717, 1.165) is 5.52 Å². The normalized spacial score (nSPS) is 11.2. The van der Waals surface area contributed by atoms with Gasteiger partial charge in [0.2, 0.25) is 5.95 Å². The molecule has 0 unspecified atom stereocenters. The van der Waals surface area contributed by atoms with Crippen LogP contribution in [0.2, 0.25) is 20.1 Å². The maximum Gasteiger partial charge on any atom is 0.205 e. The summed E-state index contributed by atoms with van der Waals surface area (Å²) < 4.78 is 1.69. The van der Waals surface area contributed by atoms with E-state index in [0.29, 0.717) is 37.2 Å². The molecular weight excluding hydrogens is 340 g/mol. The van der Waals surface area contributed by atoms with Crippen LogP contribution in [0.4, 0.5) is 5.95 Å². The SMILES string of the molecule is Nc1nc2ccc(Cl)cc2n1-c1cc(Cl)c(Cl)cc1Cl. The molecule has 2 N–H and O–H groups in total. The van der Waals surface area contributed by atoms with Gasteiger partial charge in [0.1, 0.15) is 0 Å². The zero-order chi connectivity index (χ0) is 14.4. The van der Waals surface area contributed by atoms with E-state index < -0.39 is 0 Å². The van der Waals surface area contributed by atoms with Gasteiger partial charge in [0, 0.05) is 5.02 Å². The molecule has 3 rings (SSSR count). The molecule has 0 aliphatic heterocycles. The quantitative estimate of drug-likeness (QED) is 0.614. The Kier molecular flexibility index (Phi) is 3.46. The topological polar surface area (TPSA) is 43.8 Å². The van der Waals surface area contributed by atoms with Gasteiger partial charge in [-0.3, -0.25) is 4.57 Å². The van der Waals surface area contributed by atoms with E-state index in [9.17, 15) is 0 Å². The molecule has 0 fully saturated rings. The molecule has 1 heterocycles. The monoisotopic (exact) mass is 345 g/mol. The lowest BCUT2D eigenvalue weighted by atomic mass is 10.2. The Labute approximate surface area is 134 Å². The van der Waals surface area contributed by atoms with Crippen LogP contribution in [0.3, 0.4) is 0 Å². The highest BCUT2D eigenvalue weighted by molar-refractivity contribution is 6.43. The fourth-order valence-corrected chi connectivity index (χ4v) is 2.80. The van der Waals surface area contributed by atoms with Crippen molar-refractivity contribution in [3.63, 3.8) is 0 Å². The number of rotatable bonds is 1. The molecule has 0 saturated carbocycles. The second kappa shape index (κ2) is 5.01. The number of nitrogen functional groups attached to an aromatic ring is 1. The van der Waals surface area contributed by atoms with E-state index in [1.165, 1.54) is 0 Å². The molecule has 0 aliphatic rings. The van der Waals surface area contributed by atoms with Crippen LogP contribution >= 0.6 is 46.4 Å². The molecule has 0 saturated heterocycles. The summed E-state index contributed by atoms with van der Waals surface area (Å²) in [6, 6.07) is 8.51. The van der Waals surface area contributed by atoms with Gasteiger partial charge in [-0.05, 0) is 30.3 Å². The van der Waals surface area contributed by atoms with Crippen LogP contribution in [-0.2, 0) is 0 Å². The fourth-order valence-electron chi connectivity index (χ4n) is 2.00. The molecule has 0 aliphatic carbocycles. The van der Waals surface area contributed by atoms with Crippen molar-refractivity contribution in [1.29, 1.82) is 0 Å². The molecule has 20 heavy (non-hydrogen) atoms. The number of aromatic nitrogens is 2. The molecule has 2 aromatic carbocycles. The van der Waals surface area contributed by atoms with Crippen molar-refractivity contribution in [2.75, 3.05) is 5.73 Å². The molecule has 1 aromatic heterocycles. The van der Waals surface area contributed by atoms with Crippen LogP contribution in [0.25, 0.3) is 16.7 Å². The van der Waals surface area contributed by atoms with E-state index in [-0.39, 0.29) is 0 Å². The number of nitrogens with two attached hydrogens (primary N) is 1. The molecule has 7 heteroatoms. The third kappa shape index (κ3) is 2.21. The lowest BCUT2D eigenvalue weighted by molar-refractivity contribution is 1.11. The summed E-state index contributed by atoms with van der Waals surface area (Å²) in [5.41, 5.74) is 8.03. The van der Waals surface area contributed by atoms with Crippen molar-refractivity contribution in [3.8, 4) is 5.69 Å². The number of hydrogen-bond acceptors (Lipinski definition) is 2. The van der Waals surface area contributed by atoms with Crippen LogP contribution in [0.15, 0.2) is 30.3 Å². The number of halogens is 4. The smallest absolute Gasteiger partial charge is 0.205 e. The number of anilines is 1. The highest BCUT2D eigenvalue weighted by Gasteiger charge is 2.15. The van der Waals surface area contributed by atoms with Crippen LogP contribution < -0.4 is 5.73 Å². The van der Waals surface area contributed by atoms with Gasteiger partial charge in [-0.15, -0.1) is 0 Å². The minimum atomic E-state index is 0.294. The lowest BCUT2D eigenvalue weighted by Gasteiger charge is -2.10. The molecule has 0 atom stereocenters. The van der Waals surface area contributed by atoms with Crippen molar-refractivity contribution in [2.45, 2.75) is 0 Å². The first-order valence-corrected chi connectivity index (χ1v) is 7.07. The number of benzene rings is 2. The maximum atomic E-state index is 6.22. The first-order valence-electron chi connectivity index (χ1n) is 5.56. The number of fused-ring (bicyclic) bond motifs is 1. The van der Waals surface area contributed by atoms with Crippen LogP contribution in [0.1, 0.15) is 0 Å². The van der Waals surface area contributed by atoms with Gasteiger partial charge in [-0.2, -0.15) is 0 Å². The fraction of sp³-hybridized carbons (Fsp3) is 0. The molecule has 0 radical (unpaired) electrons. The van der Waals surface area contributed by atoms with Gasteiger partial charge >= 0.3 is 0 Å². The largest absolute Gasteiger partial charge is 0.369 e. The molecule has 0 amide bonds. The number of nitrogens with zero attached hydrogens (tertiary/aromatic N) is 2. The van der Waals surface area contributed by atoms with E-state index in [2.05, 4.69) is 4.98 Å². The van der Waals surface area contributed by atoms with E-state index in [4.69, 9.17) is 52.1 Å². The van der Waals surface area contributed by atoms with Gasteiger partial charge in [0.15, 0.2) is 0 Å². The van der Waals surface area contributed by atoms with Crippen molar-refractivity contribution in [3.05, 3.63) is 50.4 Å². The summed E-state index contributed by atoms with van der Waals surface area (Å²) in [5, 5.41) is 1.76. The Hall–Kier alpha value is -1.13.